The van der Waals surface area contributed by atoms with Crippen LogP contribution in [0.4, 0.5) is 0 Å². The lowest BCUT2D eigenvalue weighted by Crippen LogP contribution is -2.54. The van der Waals surface area contributed by atoms with E-state index in [2.05, 4.69) is 20.9 Å². The van der Waals surface area contributed by atoms with Gasteiger partial charge in [0, 0.05) is 38.7 Å². The van der Waals surface area contributed by atoms with Gasteiger partial charge in [-0.15, -0.1) is 0 Å². The lowest BCUT2D eigenvalue weighted by molar-refractivity contribution is -0.132. The Hall–Kier alpha value is -3.88. The minimum absolute atomic E-state index is 0.0304. The van der Waals surface area contributed by atoms with Crippen LogP contribution >= 0.6 is 0 Å². The van der Waals surface area contributed by atoms with Gasteiger partial charge in [-0.1, -0.05) is 30.3 Å². The van der Waals surface area contributed by atoms with Crippen molar-refractivity contribution in [1.29, 1.82) is 5.41 Å². The summed E-state index contributed by atoms with van der Waals surface area (Å²) in [5.41, 5.74) is 1.67. The van der Waals surface area contributed by atoms with Crippen LogP contribution in [0, 0.1) is 5.41 Å². The molecule has 0 saturated heterocycles. The van der Waals surface area contributed by atoms with Crippen LogP contribution in [-0.2, 0) is 32.1 Å². The summed E-state index contributed by atoms with van der Waals surface area (Å²) >= 11 is 0. The van der Waals surface area contributed by atoms with Gasteiger partial charge in [0.15, 0.2) is 5.78 Å². The van der Waals surface area contributed by atoms with E-state index in [0.717, 1.165) is 11.1 Å². The Morgan fingerprint density at radius 2 is 1.62 bits per heavy atom. The van der Waals surface area contributed by atoms with Gasteiger partial charge in [-0.3, -0.25) is 24.2 Å². The molecule has 1 aromatic heterocycles. The zero-order valence-electron chi connectivity index (χ0n) is 17.8. The summed E-state index contributed by atoms with van der Waals surface area (Å²) in [7, 11) is 0. The van der Waals surface area contributed by atoms with Crippen LogP contribution in [0.3, 0.4) is 0 Å². The molecule has 0 bridgehead atoms. The van der Waals surface area contributed by atoms with Crippen LogP contribution in [-0.4, -0.2) is 46.8 Å². The molecular formula is C23H27N5O4. The third-order valence-corrected chi connectivity index (χ3v) is 4.67. The first-order chi connectivity index (χ1) is 15.4. The molecule has 0 aliphatic rings. The average molecular weight is 438 g/mol. The predicted octanol–water partition coefficient (Wildman–Crippen LogP) is 0.929. The topological polar surface area (TPSA) is 141 Å². The van der Waals surface area contributed by atoms with Gasteiger partial charge >= 0.3 is 0 Å². The first-order valence-corrected chi connectivity index (χ1v) is 10.2. The van der Waals surface area contributed by atoms with E-state index in [1.165, 1.54) is 6.92 Å². The number of pyridine rings is 1. The van der Waals surface area contributed by atoms with Gasteiger partial charge in [0.1, 0.15) is 12.1 Å². The molecule has 0 fully saturated rings. The monoisotopic (exact) mass is 437 g/mol. The van der Waals surface area contributed by atoms with Crippen LogP contribution in [0.2, 0.25) is 0 Å². The molecule has 0 spiro atoms. The second kappa shape index (κ2) is 12.7. The van der Waals surface area contributed by atoms with Gasteiger partial charge in [-0.2, -0.15) is 0 Å². The number of rotatable bonds is 12. The summed E-state index contributed by atoms with van der Waals surface area (Å²) in [4.78, 5) is 52.8. The molecule has 9 nitrogen and oxygen atoms in total. The van der Waals surface area contributed by atoms with Gasteiger partial charge in [-0.25, -0.2) is 0 Å². The van der Waals surface area contributed by atoms with Crippen LogP contribution in [0.5, 0.6) is 0 Å². The van der Waals surface area contributed by atoms with Crippen molar-refractivity contribution in [3.8, 4) is 0 Å². The highest BCUT2D eigenvalue weighted by atomic mass is 16.2. The first kappa shape index (κ1) is 24.4. The number of amides is 3. The Bertz CT molecular complexity index is 934. The number of carbonyl (C=O) groups excluding carboxylic acids is 4. The summed E-state index contributed by atoms with van der Waals surface area (Å²) in [6, 6.07) is 10.8. The number of carbonyl (C=O) groups is 4. The molecule has 2 rings (SSSR count). The quantitative estimate of drug-likeness (QED) is 0.366. The van der Waals surface area contributed by atoms with Gasteiger partial charge in [0.05, 0.1) is 6.21 Å². The molecule has 168 valence electrons. The maximum Gasteiger partial charge on any atom is 0.243 e. The SMILES string of the molecule is CC(=O)N[C@@H](Cc1ccncc1)C(=O)N[C@@H](CCC(=O)C=N)C(=O)NCc1ccccc1. The summed E-state index contributed by atoms with van der Waals surface area (Å²) in [5, 5.41) is 15.1. The van der Waals surface area contributed by atoms with Crippen LogP contribution < -0.4 is 16.0 Å². The number of Topliss-reactive ketones (excluding diaryl/α,β-unsaturated/α-hetero) is 1. The maximum atomic E-state index is 12.9. The molecule has 32 heavy (non-hydrogen) atoms. The van der Waals surface area contributed by atoms with E-state index >= 15 is 0 Å². The molecule has 4 N–H and O–H groups in total. The number of aromatic nitrogens is 1. The number of ketones is 1. The van der Waals surface area contributed by atoms with Crippen molar-refractivity contribution < 1.29 is 19.2 Å². The minimum atomic E-state index is -0.996. The predicted molar refractivity (Wildman–Crippen MR) is 119 cm³/mol. The molecule has 1 aromatic carbocycles. The maximum absolute atomic E-state index is 12.9. The highest BCUT2D eigenvalue weighted by Crippen LogP contribution is 2.06. The first-order valence-electron chi connectivity index (χ1n) is 10.2. The van der Waals surface area contributed by atoms with Crippen molar-refractivity contribution >= 4 is 29.7 Å². The fourth-order valence-corrected chi connectivity index (χ4v) is 3.02. The molecule has 1 heterocycles. The van der Waals surface area contributed by atoms with Crippen molar-refractivity contribution in [2.45, 2.75) is 44.8 Å². The van der Waals surface area contributed by atoms with Crippen LogP contribution in [0.25, 0.3) is 0 Å². The van der Waals surface area contributed by atoms with Gasteiger partial charge in [0.25, 0.3) is 0 Å². The van der Waals surface area contributed by atoms with E-state index in [0.29, 0.717) is 6.21 Å². The molecule has 0 radical (unpaired) electrons. The highest BCUT2D eigenvalue weighted by Gasteiger charge is 2.26. The Labute approximate surface area is 186 Å². The molecule has 0 unspecified atom stereocenters. The van der Waals surface area contributed by atoms with Crippen LogP contribution in [0.15, 0.2) is 54.9 Å². The van der Waals surface area contributed by atoms with Crippen molar-refractivity contribution in [3.63, 3.8) is 0 Å². The third-order valence-electron chi connectivity index (χ3n) is 4.67. The lowest BCUT2D eigenvalue weighted by atomic mass is 10.0. The standard InChI is InChI=1S/C23H27N5O4/c1-16(29)27-21(13-17-9-11-25-12-10-17)23(32)28-20(8-7-19(30)14-24)22(31)26-15-18-5-3-2-4-6-18/h2-6,9-12,14,20-21,24H,7-8,13,15H2,1H3,(H,26,31)(H,27,29)(H,28,32)/t20-,21-/m0/s1. The van der Waals surface area contributed by atoms with E-state index in [9.17, 15) is 19.2 Å². The molecule has 3 amide bonds. The zero-order valence-corrected chi connectivity index (χ0v) is 17.8. The highest BCUT2D eigenvalue weighted by molar-refractivity contribution is 6.26. The molecule has 2 aromatic rings. The van der Waals surface area contributed by atoms with Crippen LogP contribution in [0.1, 0.15) is 30.9 Å². The molecule has 2 atom stereocenters. The lowest BCUT2D eigenvalue weighted by Gasteiger charge is -2.23. The number of benzene rings is 1. The number of hydrogen-bond donors (Lipinski definition) is 4. The van der Waals surface area contributed by atoms with Crippen molar-refractivity contribution in [1.82, 2.24) is 20.9 Å². The fourth-order valence-electron chi connectivity index (χ4n) is 3.02. The second-order valence-electron chi connectivity index (χ2n) is 7.23. The van der Waals surface area contributed by atoms with Gasteiger partial charge in [-0.05, 0) is 29.7 Å². The Morgan fingerprint density at radius 1 is 0.938 bits per heavy atom. The fraction of sp³-hybridized carbons (Fsp3) is 0.304. The normalized spacial score (nSPS) is 12.2. The Balaban J connectivity index is 2.10. The number of nitrogens with one attached hydrogen (secondary N) is 4. The average Bonchev–Trinajstić information content (AvgIpc) is 2.80. The van der Waals surface area contributed by atoms with E-state index in [1.807, 2.05) is 30.3 Å². The van der Waals surface area contributed by atoms with E-state index in [1.54, 1.807) is 24.5 Å². The molecular weight excluding hydrogens is 410 g/mol. The summed E-state index contributed by atoms with van der Waals surface area (Å²) in [6.45, 7) is 1.57. The zero-order chi connectivity index (χ0) is 23.3. The van der Waals surface area contributed by atoms with Gasteiger partial charge < -0.3 is 21.4 Å². The molecule has 9 heteroatoms. The largest absolute Gasteiger partial charge is 0.350 e. The number of hydrogen-bond acceptors (Lipinski definition) is 6. The third kappa shape index (κ3) is 8.47. The van der Waals surface area contributed by atoms with Crippen molar-refractivity contribution in [2.75, 3.05) is 0 Å². The summed E-state index contributed by atoms with van der Waals surface area (Å²) < 4.78 is 0. The van der Waals surface area contributed by atoms with E-state index in [4.69, 9.17) is 5.41 Å². The Kier molecular flexibility index (Phi) is 9.70. The summed E-state index contributed by atoms with van der Waals surface area (Å²) in [6.07, 6.45) is 4.03. The van der Waals surface area contributed by atoms with E-state index in [-0.39, 0.29) is 31.7 Å². The van der Waals surface area contributed by atoms with Crippen molar-refractivity contribution in [3.05, 3.63) is 66.0 Å². The molecule has 0 aliphatic heterocycles. The smallest absolute Gasteiger partial charge is 0.243 e. The minimum Gasteiger partial charge on any atom is -0.350 e. The Morgan fingerprint density at radius 3 is 2.25 bits per heavy atom. The number of nitrogens with zero attached hydrogens (tertiary/aromatic N) is 1. The van der Waals surface area contributed by atoms with E-state index < -0.39 is 29.7 Å². The second-order valence-corrected chi connectivity index (χ2v) is 7.23. The van der Waals surface area contributed by atoms with Crippen molar-refractivity contribution in [2.24, 2.45) is 0 Å². The van der Waals surface area contributed by atoms with Gasteiger partial charge in [0.2, 0.25) is 17.7 Å². The molecule has 0 saturated carbocycles. The summed E-state index contributed by atoms with van der Waals surface area (Å²) in [5.74, 6) is -1.83. The molecule has 0 aliphatic carbocycles.